The second-order valence-corrected chi connectivity index (χ2v) is 8.23. The van der Waals surface area contributed by atoms with Gasteiger partial charge in [0, 0.05) is 37.4 Å². The van der Waals surface area contributed by atoms with Crippen molar-refractivity contribution in [2.24, 2.45) is 0 Å². The van der Waals surface area contributed by atoms with Crippen LogP contribution >= 0.6 is 11.6 Å². The van der Waals surface area contributed by atoms with Crippen molar-refractivity contribution in [2.75, 3.05) is 13.7 Å². The first kappa shape index (κ1) is 18.9. The summed E-state index contributed by atoms with van der Waals surface area (Å²) in [7, 11) is 2.02. The molecule has 1 aliphatic carbocycles. The lowest BCUT2D eigenvalue weighted by Crippen LogP contribution is -2.41. The van der Waals surface area contributed by atoms with E-state index < -0.39 is 0 Å². The number of halogens is 1. The molecule has 6 heteroatoms. The van der Waals surface area contributed by atoms with Gasteiger partial charge in [0.15, 0.2) is 0 Å². The minimum Gasteiger partial charge on any atom is -0.375 e. The molecule has 2 atom stereocenters. The number of hydroxylamine groups is 2. The van der Waals surface area contributed by atoms with Gasteiger partial charge >= 0.3 is 0 Å². The average molecular weight is 390 g/mol. The second-order valence-electron chi connectivity index (χ2n) is 7.80. The third-order valence-corrected chi connectivity index (χ3v) is 6.18. The highest BCUT2D eigenvalue weighted by Crippen LogP contribution is 2.41. The van der Waals surface area contributed by atoms with Crippen molar-refractivity contribution >= 4 is 11.6 Å². The molecule has 146 valence electrons. The van der Waals surface area contributed by atoms with Crippen LogP contribution in [-0.4, -0.2) is 40.5 Å². The van der Waals surface area contributed by atoms with Crippen LogP contribution in [-0.2, 0) is 21.7 Å². The summed E-state index contributed by atoms with van der Waals surface area (Å²) in [6.45, 7) is 1.42. The van der Waals surface area contributed by atoms with Gasteiger partial charge in [-0.15, -0.1) is 0 Å². The van der Waals surface area contributed by atoms with E-state index in [1.807, 2.05) is 43.0 Å². The highest BCUT2D eigenvalue weighted by molar-refractivity contribution is 6.30. The van der Waals surface area contributed by atoms with Crippen molar-refractivity contribution in [1.29, 1.82) is 0 Å². The van der Waals surface area contributed by atoms with E-state index in [4.69, 9.17) is 21.2 Å². The van der Waals surface area contributed by atoms with Crippen LogP contribution in [0, 0.1) is 0 Å². The zero-order valence-electron chi connectivity index (χ0n) is 15.9. The Morgan fingerprint density at radius 2 is 2.00 bits per heavy atom. The minimum absolute atomic E-state index is 0.0520. The SMILES string of the molecule is CN1OC(COC2CCCCC2)CC1(Cn1ccnc1)c1ccc(Cl)cc1. The molecule has 4 rings (SSSR count). The zero-order valence-corrected chi connectivity index (χ0v) is 16.6. The molecule has 2 aromatic rings. The summed E-state index contributed by atoms with van der Waals surface area (Å²) in [4.78, 5) is 10.4. The Balaban J connectivity index is 1.51. The predicted molar refractivity (Wildman–Crippen MR) is 105 cm³/mol. The quantitative estimate of drug-likeness (QED) is 0.733. The van der Waals surface area contributed by atoms with Gasteiger partial charge in [0.2, 0.25) is 0 Å². The van der Waals surface area contributed by atoms with Crippen LogP contribution in [0.5, 0.6) is 0 Å². The normalized spacial score (nSPS) is 27.3. The molecule has 1 aromatic heterocycles. The summed E-state index contributed by atoms with van der Waals surface area (Å²) in [5, 5.41) is 2.75. The van der Waals surface area contributed by atoms with E-state index in [0.29, 0.717) is 12.7 Å². The Morgan fingerprint density at radius 3 is 2.70 bits per heavy atom. The number of imidazole rings is 1. The fourth-order valence-corrected chi connectivity index (χ4v) is 4.55. The van der Waals surface area contributed by atoms with Crippen molar-refractivity contribution in [1.82, 2.24) is 14.6 Å². The molecule has 0 radical (unpaired) electrons. The predicted octanol–water partition coefficient (Wildman–Crippen LogP) is 4.42. The van der Waals surface area contributed by atoms with E-state index in [9.17, 15) is 0 Å². The highest BCUT2D eigenvalue weighted by Gasteiger charge is 2.47. The number of ether oxygens (including phenoxy) is 1. The van der Waals surface area contributed by atoms with Gasteiger partial charge in [0.25, 0.3) is 0 Å². The lowest BCUT2D eigenvalue weighted by atomic mass is 9.85. The van der Waals surface area contributed by atoms with Gasteiger partial charge in [0.1, 0.15) is 6.10 Å². The van der Waals surface area contributed by atoms with Gasteiger partial charge in [-0.3, -0.25) is 4.84 Å². The number of aromatic nitrogens is 2. The third kappa shape index (κ3) is 4.21. The van der Waals surface area contributed by atoms with Crippen LogP contribution in [0.25, 0.3) is 0 Å². The maximum Gasteiger partial charge on any atom is 0.105 e. The largest absolute Gasteiger partial charge is 0.375 e. The molecule has 2 aliphatic rings. The molecule has 0 N–H and O–H groups in total. The number of hydrogen-bond donors (Lipinski definition) is 0. The first-order valence-electron chi connectivity index (χ1n) is 9.90. The van der Waals surface area contributed by atoms with E-state index in [2.05, 4.69) is 21.7 Å². The first-order valence-corrected chi connectivity index (χ1v) is 10.3. The molecule has 27 heavy (non-hydrogen) atoms. The lowest BCUT2D eigenvalue weighted by molar-refractivity contribution is -0.188. The van der Waals surface area contributed by atoms with Crippen LogP contribution < -0.4 is 0 Å². The first-order chi connectivity index (χ1) is 13.2. The number of hydrogen-bond acceptors (Lipinski definition) is 4. The molecule has 2 fully saturated rings. The molecule has 5 nitrogen and oxygen atoms in total. The summed E-state index contributed by atoms with van der Waals surface area (Å²) in [6, 6.07) is 8.10. The molecular formula is C21H28ClN3O2. The van der Waals surface area contributed by atoms with Gasteiger partial charge in [-0.25, -0.2) is 4.98 Å². The van der Waals surface area contributed by atoms with Gasteiger partial charge in [-0.05, 0) is 30.5 Å². The lowest BCUT2D eigenvalue weighted by Gasteiger charge is -2.35. The van der Waals surface area contributed by atoms with Gasteiger partial charge in [-0.2, -0.15) is 5.06 Å². The van der Waals surface area contributed by atoms with Crippen LogP contribution in [0.3, 0.4) is 0 Å². The number of nitrogens with zero attached hydrogens (tertiary/aromatic N) is 3. The van der Waals surface area contributed by atoms with Gasteiger partial charge in [0.05, 0.1) is 24.6 Å². The Labute approximate surface area is 166 Å². The monoisotopic (exact) mass is 389 g/mol. The van der Waals surface area contributed by atoms with Crippen molar-refractivity contribution in [3.8, 4) is 0 Å². The average Bonchev–Trinajstić information content (AvgIpc) is 3.30. The summed E-state index contributed by atoms with van der Waals surface area (Å²) in [6.07, 6.45) is 13.3. The highest BCUT2D eigenvalue weighted by atomic mass is 35.5. The van der Waals surface area contributed by atoms with Crippen molar-refractivity contribution in [3.05, 3.63) is 53.6 Å². The summed E-state index contributed by atoms with van der Waals surface area (Å²) < 4.78 is 8.32. The number of benzene rings is 1. The molecule has 0 bridgehead atoms. The standard InChI is InChI=1S/C21H28ClN3O2/c1-24-21(15-25-12-11-23-16-25,17-7-9-18(22)10-8-17)13-20(27-24)14-26-19-5-3-2-4-6-19/h7-12,16,19-20H,2-6,13-15H2,1H3. The van der Waals surface area contributed by atoms with Crippen LogP contribution in [0.15, 0.2) is 43.0 Å². The Bertz CT molecular complexity index is 716. The third-order valence-electron chi connectivity index (χ3n) is 5.93. The van der Waals surface area contributed by atoms with Crippen molar-refractivity contribution in [3.63, 3.8) is 0 Å². The van der Waals surface area contributed by atoms with E-state index >= 15 is 0 Å². The van der Waals surface area contributed by atoms with E-state index in [1.54, 1.807) is 0 Å². The molecule has 1 saturated carbocycles. The summed E-state index contributed by atoms with van der Waals surface area (Å²) in [5.74, 6) is 0. The van der Waals surface area contributed by atoms with E-state index in [0.717, 1.165) is 18.0 Å². The number of rotatable bonds is 6. The molecule has 0 spiro atoms. The van der Waals surface area contributed by atoms with Crippen molar-refractivity contribution in [2.45, 2.75) is 62.8 Å². The maximum absolute atomic E-state index is 6.24. The Kier molecular flexibility index (Phi) is 5.83. The summed E-state index contributed by atoms with van der Waals surface area (Å²) >= 11 is 6.13. The van der Waals surface area contributed by atoms with Gasteiger partial charge < -0.3 is 9.30 Å². The molecule has 1 aliphatic heterocycles. The fraction of sp³-hybridized carbons (Fsp3) is 0.571. The van der Waals surface area contributed by atoms with Crippen LogP contribution in [0.4, 0.5) is 0 Å². The van der Waals surface area contributed by atoms with E-state index in [1.165, 1.54) is 37.7 Å². The molecule has 2 heterocycles. The molecule has 1 saturated heterocycles. The zero-order chi connectivity index (χ0) is 18.7. The summed E-state index contributed by atoms with van der Waals surface area (Å²) in [5.41, 5.74) is 0.926. The van der Waals surface area contributed by atoms with Crippen LogP contribution in [0.2, 0.25) is 5.02 Å². The van der Waals surface area contributed by atoms with Crippen LogP contribution in [0.1, 0.15) is 44.1 Å². The minimum atomic E-state index is -0.272. The fourth-order valence-electron chi connectivity index (χ4n) is 4.43. The van der Waals surface area contributed by atoms with Gasteiger partial charge in [-0.1, -0.05) is 43.0 Å². The maximum atomic E-state index is 6.24. The molecule has 0 amide bonds. The number of likely N-dealkylation sites (N-methyl/N-ethyl adjacent to an activating group) is 1. The smallest absolute Gasteiger partial charge is 0.105 e. The van der Waals surface area contributed by atoms with E-state index in [-0.39, 0.29) is 11.6 Å². The molecule has 2 unspecified atom stereocenters. The Hall–Kier alpha value is -1.40. The topological polar surface area (TPSA) is 39.5 Å². The molecule has 1 aromatic carbocycles. The Morgan fingerprint density at radius 1 is 1.22 bits per heavy atom. The molecular weight excluding hydrogens is 362 g/mol. The van der Waals surface area contributed by atoms with Crippen molar-refractivity contribution < 1.29 is 9.57 Å². The second kappa shape index (κ2) is 8.31.